The van der Waals surface area contributed by atoms with Crippen LogP contribution in [0.15, 0.2) is 0 Å². The number of rotatable bonds is 5. The summed E-state index contributed by atoms with van der Waals surface area (Å²) in [5.41, 5.74) is 0. The number of unbranched alkanes of at least 4 members (excludes halogenated alkanes) is 1. The third-order valence-electron chi connectivity index (χ3n) is 1.29. The molecule has 76 valence electrons. The normalized spacial score (nSPS) is 9.50. The van der Waals surface area contributed by atoms with Gasteiger partial charge in [0.05, 0.1) is 19.8 Å². The van der Waals surface area contributed by atoms with Crippen molar-refractivity contribution in [1.29, 1.82) is 0 Å². The summed E-state index contributed by atoms with van der Waals surface area (Å²) in [7, 11) is 0. The molecule has 0 saturated heterocycles. The Bertz CT molecular complexity index is 56.6. The first-order valence-corrected chi connectivity index (χ1v) is 4.20. The van der Waals surface area contributed by atoms with Crippen molar-refractivity contribution in [2.24, 2.45) is 5.92 Å². The lowest BCUT2D eigenvalue weighted by atomic mass is 10.2. The molecule has 0 aromatic rings. The maximum Gasteiger partial charge on any atom is 0.0503 e. The van der Waals surface area contributed by atoms with Crippen molar-refractivity contribution in [3.05, 3.63) is 0 Å². The van der Waals surface area contributed by atoms with Crippen LogP contribution in [0.2, 0.25) is 0 Å². The minimum absolute atomic E-state index is 0.146. The Hall–Kier alpha value is -0.160. The lowest BCUT2D eigenvalue weighted by Gasteiger charge is -2.02. The van der Waals surface area contributed by atoms with E-state index in [0.717, 1.165) is 12.8 Å². The van der Waals surface area contributed by atoms with Crippen molar-refractivity contribution >= 4 is 0 Å². The van der Waals surface area contributed by atoms with E-state index in [1.807, 2.05) is 0 Å². The molecule has 0 atom stereocenters. The van der Waals surface area contributed by atoms with Crippen LogP contribution in [0.4, 0.5) is 0 Å². The van der Waals surface area contributed by atoms with Crippen LogP contribution < -0.4 is 0 Å². The molecule has 0 rings (SSSR count). The first kappa shape index (κ1) is 14.4. The third kappa shape index (κ3) is 12.5. The lowest BCUT2D eigenvalue weighted by Crippen LogP contribution is -2.14. The van der Waals surface area contributed by atoms with E-state index in [0.29, 0.717) is 6.61 Å². The van der Waals surface area contributed by atoms with Gasteiger partial charge >= 0.3 is 0 Å². The molecule has 0 aromatic carbocycles. The molecular formula is C8H20O4. The summed E-state index contributed by atoms with van der Waals surface area (Å²) in [6, 6.07) is 0. The second-order valence-electron chi connectivity index (χ2n) is 2.49. The van der Waals surface area contributed by atoms with Gasteiger partial charge in [-0.15, -0.1) is 0 Å². The number of hydrogen-bond acceptors (Lipinski definition) is 4. The van der Waals surface area contributed by atoms with Crippen molar-refractivity contribution in [3.63, 3.8) is 0 Å². The van der Waals surface area contributed by atoms with Gasteiger partial charge in [0.25, 0.3) is 0 Å². The zero-order valence-corrected chi connectivity index (χ0v) is 7.61. The molecular weight excluding hydrogens is 160 g/mol. The smallest absolute Gasteiger partial charge is 0.0503 e. The Morgan fingerprint density at radius 1 is 0.917 bits per heavy atom. The minimum Gasteiger partial charge on any atom is -0.396 e. The van der Waals surface area contributed by atoms with Crippen molar-refractivity contribution in [3.8, 4) is 0 Å². The van der Waals surface area contributed by atoms with Gasteiger partial charge in [-0.25, -0.2) is 0 Å². The minimum atomic E-state index is -0.347. The molecule has 0 heterocycles. The summed E-state index contributed by atoms with van der Waals surface area (Å²) in [6.07, 6.45) is 2.04. The molecule has 0 unspecified atom stereocenters. The highest BCUT2D eigenvalue weighted by atomic mass is 16.3. The molecule has 4 N–H and O–H groups in total. The van der Waals surface area contributed by atoms with Gasteiger partial charge in [-0.3, -0.25) is 0 Å². The van der Waals surface area contributed by atoms with Crippen LogP contribution in [0, 0.1) is 5.92 Å². The zero-order chi connectivity index (χ0) is 9.82. The quantitative estimate of drug-likeness (QED) is 0.453. The third-order valence-corrected chi connectivity index (χ3v) is 1.29. The van der Waals surface area contributed by atoms with E-state index in [1.54, 1.807) is 0 Å². The second kappa shape index (κ2) is 13.4. The Balaban J connectivity index is 0. The molecule has 4 heteroatoms. The summed E-state index contributed by atoms with van der Waals surface area (Å²) >= 11 is 0. The van der Waals surface area contributed by atoms with Crippen LogP contribution in [0.5, 0.6) is 0 Å². The first-order chi connectivity index (χ1) is 5.76. The van der Waals surface area contributed by atoms with Gasteiger partial charge in [-0.1, -0.05) is 13.3 Å². The summed E-state index contributed by atoms with van der Waals surface area (Å²) in [5.74, 6) is -0.347. The standard InChI is InChI=1S/C4H10O3.C4H10O/c5-1-4(2-6)3-7;1-2-3-4-5/h4-7H,1-3H2;5H,2-4H2,1H3. The average Bonchev–Trinajstić information content (AvgIpc) is 2.10. The largest absolute Gasteiger partial charge is 0.396 e. The van der Waals surface area contributed by atoms with Crippen LogP contribution >= 0.6 is 0 Å². The van der Waals surface area contributed by atoms with Gasteiger partial charge in [0, 0.05) is 12.5 Å². The van der Waals surface area contributed by atoms with Crippen molar-refractivity contribution in [1.82, 2.24) is 0 Å². The monoisotopic (exact) mass is 180 g/mol. The van der Waals surface area contributed by atoms with Crippen LogP contribution in [-0.4, -0.2) is 46.9 Å². The number of aliphatic hydroxyl groups is 4. The Labute approximate surface area is 73.5 Å². The Kier molecular flexibility index (Phi) is 16.1. The molecule has 0 bridgehead atoms. The number of hydrogen-bond donors (Lipinski definition) is 4. The average molecular weight is 180 g/mol. The van der Waals surface area contributed by atoms with E-state index in [4.69, 9.17) is 20.4 Å². The fraction of sp³-hybridized carbons (Fsp3) is 1.00. The maximum atomic E-state index is 8.21. The van der Waals surface area contributed by atoms with Gasteiger partial charge in [-0.05, 0) is 6.42 Å². The van der Waals surface area contributed by atoms with Crippen LogP contribution in [0.3, 0.4) is 0 Å². The van der Waals surface area contributed by atoms with E-state index in [1.165, 1.54) is 0 Å². The van der Waals surface area contributed by atoms with Gasteiger partial charge in [-0.2, -0.15) is 0 Å². The van der Waals surface area contributed by atoms with Gasteiger partial charge < -0.3 is 20.4 Å². The molecule has 12 heavy (non-hydrogen) atoms. The summed E-state index contributed by atoms with van der Waals surface area (Å²) in [4.78, 5) is 0. The second-order valence-corrected chi connectivity index (χ2v) is 2.49. The summed E-state index contributed by atoms with van der Waals surface area (Å²) in [6.45, 7) is 1.96. The predicted molar refractivity (Wildman–Crippen MR) is 46.7 cm³/mol. The topological polar surface area (TPSA) is 80.9 Å². The molecule has 0 radical (unpaired) electrons. The van der Waals surface area contributed by atoms with E-state index in [-0.39, 0.29) is 25.7 Å². The highest BCUT2D eigenvalue weighted by Gasteiger charge is 2.00. The van der Waals surface area contributed by atoms with E-state index < -0.39 is 0 Å². The summed E-state index contributed by atoms with van der Waals surface area (Å²) in [5, 5.41) is 32.7. The van der Waals surface area contributed by atoms with E-state index in [9.17, 15) is 0 Å². The molecule has 0 fully saturated rings. The predicted octanol–water partition coefficient (Wildman–Crippen LogP) is -0.642. The number of aliphatic hydroxyl groups excluding tert-OH is 4. The molecule has 4 nitrogen and oxygen atoms in total. The van der Waals surface area contributed by atoms with Crippen LogP contribution in [0.1, 0.15) is 19.8 Å². The van der Waals surface area contributed by atoms with Gasteiger partial charge in [0.1, 0.15) is 0 Å². The fourth-order valence-electron chi connectivity index (χ4n) is 0.331. The molecule has 0 saturated carbocycles. The van der Waals surface area contributed by atoms with Gasteiger partial charge in [0.2, 0.25) is 0 Å². The first-order valence-electron chi connectivity index (χ1n) is 4.20. The molecule has 0 spiro atoms. The molecule has 0 amide bonds. The van der Waals surface area contributed by atoms with E-state index in [2.05, 4.69) is 6.92 Å². The highest BCUT2D eigenvalue weighted by Crippen LogP contribution is 1.87. The van der Waals surface area contributed by atoms with Crippen molar-refractivity contribution < 1.29 is 20.4 Å². The maximum absolute atomic E-state index is 8.21. The molecule has 0 aliphatic rings. The van der Waals surface area contributed by atoms with Crippen molar-refractivity contribution in [2.45, 2.75) is 19.8 Å². The summed E-state index contributed by atoms with van der Waals surface area (Å²) < 4.78 is 0. The highest BCUT2D eigenvalue weighted by molar-refractivity contribution is 4.49. The fourth-order valence-corrected chi connectivity index (χ4v) is 0.331. The van der Waals surface area contributed by atoms with E-state index >= 15 is 0 Å². The molecule has 0 aliphatic heterocycles. The molecule has 0 aliphatic carbocycles. The molecule has 0 aromatic heterocycles. The SMILES string of the molecule is CCCCO.OCC(CO)CO. The zero-order valence-electron chi connectivity index (χ0n) is 7.61. The van der Waals surface area contributed by atoms with Gasteiger partial charge in [0.15, 0.2) is 0 Å². The Morgan fingerprint density at radius 3 is 1.33 bits per heavy atom. The lowest BCUT2D eigenvalue weighted by molar-refractivity contribution is 0.0969. The van der Waals surface area contributed by atoms with Crippen LogP contribution in [0.25, 0.3) is 0 Å². The Morgan fingerprint density at radius 2 is 1.33 bits per heavy atom. The van der Waals surface area contributed by atoms with Crippen molar-refractivity contribution in [2.75, 3.05) is 26.4 Å². The van der Waals surface area contributed by atoms with Crippen LogP contribution in [-0.2, 0) is 0 Å².